The number of carbonyl (C=O) groups excluding carboxylic acids is 1. The standard InChI is InChI=1S/C20H24N2O3/c1-4-25-16-11-9-15(10-12-16)20(2)21-18-8-6-5-7-17(18)19(23)22(20)13-14-24-3/h5-12,21H,4,13-14H2,1-3H3. The zero-order valence-corrected chi connectivity index (χ0v) is 14.9. The Morgan fingerprint density at radius 1 is 1.12 bits per heavy atom. The van der Waals surface area contributed by atoms with Gasteiger partial charge in [-0.15, -0.1) is 0 Å². The average molecular weight is 340 g/mol. The van der Waals surface area contributed by atoms with Crippen LogP contribution in [-0.4, -0.2) is 37.7 Å². The fourth-order valence-electron chi connectivity index (χ4n) is 3.23. The highest BCUT2D eigenvalue weighted by Gasteiger charge is 2.42. The lowest BCUT2D eigenvalue weighted by Gasteiger charge is -2.46. The van der Waals surface area contributed by atoms with Crippen molar-refractivity contribution in [3.05, 3.63) is 59.7 Å². The van der Waals surface area contributed by atoms with E-state index >= 15 is 0 Å². The number of nitrogens with zero attached hydrogens (tertiary/aromatic N) is 1. The second kappa shape index (κ2) is 7.15. The molecule has 1 N–H and O–H groups in total. The topological polar surface area (TPSA) is 50.8 Å². The molecular weight excluding hydrogens is 316 g/mol. The van der Waals surface area contributed by atoms with Gasteiger partial charge in [-0.05, 0) is 43.7 Å². The van der Waals surface area contributed by atoms with Crippen molar-refractivity contribution in [1.29, 1.82) is 0 Å². The molecule has 2 aromatic carbocycles. The molecule has 0 aliphatic carbocycles. The van der Waals surface area contributed by atoms with E-state index < -0.39 is 5.66 Å². The van der Waals surface area contributed by atoms with Crippen LogP contribution in [0.2, 0.25) is 0 Å². The predicted molar refractivity (Wildman–Crippen MR) is 97.9 cm³/mol. The fraction of sp³-hybridized carbons (Fsp3) is 0.350. The van der Waals surface area contributed by atoms with Gasteiger partial charge in [0.1, 0.15) is 11.4 Å². The maximum Gasteiger partial charge on any atom is 0.258 e. The van der Waals surface area contributed by atoms with E-state index in [9.17, 15) is 4.79 Å². The molecule has 5 nitrogen and oxygen atoms in total. The summed E-state index contributed by atoms with van der Waals surface area (Å²) >= 11 is 0. The third kappa shape index (κ3) is 3.20. The summed E-state index contributed by atoms with van der Waals surface area (Å²) in [5, 5.41) is 3.54. The van der Waals surface area contributed by atoms with Crippen LogP contribution in [0.4, 0.5) is 5.69 Å². The van der Waals surface area contributed by atoms with Crippen LogP contribution in [0, 0.1) is 0 Å². The minimum absolute atomic E-state index is 0.00258. The lowest BCUT2D eigenvalue weighted by molar-refractivity contribution is 0.0438. The summed E-state index contributed by atoms with van der Waals surface area (Å²) in [5.41, 5.74) is 1.86. The maximum absolute atomic E-state index is 13.1. The predicted octanol–water partition coefficient (Wildman–Crippen LogP) is 3.47. The SMILES string of the molecule is CCOc1ccc(C2(C)Nc3ccccc3C(=O)N2CCOC)cc1. The first-order valence-corrected chi connectivity index (χ1v) is 8.51. The molecule has 1 heterocycles. The summed E-state index contributed by atoms with van der Waals surface area (Å²) < 4.78 is 10.7. The molecule has 25 heavy (non-hydrogen) atoms. The van der Waals surface area contributed by atoms with Crippen molar-refractivity contribution in [3.8, 4) is 5.75 Å². The summed E-state index contributed by atoms with van der Waals surface area (Å²) in [6, 6.07) is 15.5. The van der Waals surface area contributed by atoms with Gasteiger partial charge in [-0.25, -0.2) is 0 Å². The van der Waals surface area contributed by atoms with Gasteiger partial charge in [0.25, 0.3) is 5.91 Å². The van der Waals surface area contributed by atoms with Crippen LogP contribution in [0.3, 0.4) is 0 Å². The summed E-state index contributed by atoms with van der Waals surface area (Å²) in [6.07, 6.45) is 0. The molecule has 0 aromatic heterocycles. The normalized spacial score (nSPS) is 19.3. The molecular formula is C20H24N2O3. The van der Waals surface area contributed by atoms with Crippen molar-refractivity contribution < 1.29 is 14.3 Å². The molecule has 0 spiro atoms. The number of amides is 1. The lowest BCUT2D eigenvalue weighted by Crippen LogP contribution is -2.56. The Balaban J connectivity index is 2.02. The average Bonchev–Trinajstić information content (AvgIpc) is 2.62. The number of anilines is 1. The first kappa shape index (κ1) is 17.3. The van der Waals surface area contributed by atoms with E-state index in [0.29, 0.717) is 25.3 Å². The van der Waals surface area contributed by atoms with Crippen molar-refractivity contribution in [2.45, 2.75) is 19.5 Å². The van der Waals surface area contributed by atoms with Crippen molar-refractivity contribution in [2.24, 2.45) is 0 Å². The van der Waals surface area contributed by atoms with Gasteiger partial charge in [-0.1, -0.05) is 24.3 Å². The van der Waals surface area contributed by atoms with Crippen LogP contribution >= 0.6 is 0 Å². The van der Waals surface area contributed by atoms with E-state index in [1.54, 1.807) is 7.11 Å². The minimum atomic E-state index is -0.658. The summed E-state index contributed by atoms with van der Waals surface area (Å²) in [5.74, 6) is 0.823. The second-order valence-electron chi connectivity index (χ2n) is 6.15. The zero-order valence-electron chi connectivity index (χ0n) is 14.9. The second-order valence-corrected chi connectivity index (χ2v) is 6.15. The Morgan fingerprint density at radius 3 is 2.52 bits per heavy atom. The summed E-state index contributed by atoms with van der Waals surface area (Å²) in [7, 11) is 1.64. The van der Waals surface area contributed by atoms with Crippen LogP contribution in [0.5, 0.6) is 5.75 Å². The van der Waals surface area contributed by atoms with Gasteiger partial charge in [0.05, 0.1) is 18.8 Å². The van der Waals surface area contributed by atoms with E-state index in [0.717, 1.165) is 17.0 Å². The maximum atomic E-state index is 13.1. The molecule has 2 aromatic rings. The summed E-state index contributed by atoms with van der Waals surface area (Å²) in [6.45, 7) is 5.58. The van der Waals surface area contributed by atoms with Gasteiger partial charge in [0.15, 0.2) is 0 Å². The van der Waals surface area contributed by atoms with Gasteiger partial charge in [-0.3, -0.25) is 4.79 Å². The first-order chi connectivity index (χ1) is 12.1. The first-order valence-electron chi connectivity index (χ1n) is 8.51. The van der Waals surface area contributed by atoms with E-state index in [-0.39, 0.29) is 5.91 Å². The molecule has 1 atom stereocenters. The smallest absolute Gasteiger partial charge is 0.258 e. The molecule has 0 saturated heterocycles. The number of methoxy groups -OCH3 is 1. The Morgan fingerprint density at radius 2 is 1.84 bits per heavy atom. The van der Waals surface area contributed by atoms with Crippen LogP contribution in [0.1, 0.15) is 29.8 Å². The zero-order chi connectivity index (χ0) is 17.9. The van der Waals surface area contributed by atoms with Crippen LogP contribution in [0.15, 0.2) is 48.5 Å². The Kier molecular flexibility index (Phi) is 4.95. The van der Waals surface area contributed by atoms with Crippen molar-refractivity contribution in [3.63, 3.8) is 0 Å². The third-order valence-corrected chi connectivity index (χ3v) is 4.57. The van der Waals surface area contributed by atoms with Gasteiger partial charge in [0, 0.05) is 19.3 Å². The van der Waals surface area contributed by atoms with E-state index in [1.165, 1.54) is 0 Å². The number of hydrogen-bond donors (Lipinski definition) is 1. The number of ether oxygens (including phenoxy) is 2. The highest BCUT2D eigenvalue weighted by molar-refractivity contribution is 6.02. The van der Waals surface area contributed by atoms with Crippen molar-refractivity contribution >= 4 is 11.6 Å². The monoisotopic (exact) mass is 340 g/mol. The van der Waals surface area contributed by atoms with Crippen LogP contribution < -0.4 is 10.1 Å². The molecule has 0 fully saturated rings. The van der Waals surface area contributed by atoms with E-state index in [1.807, 2.05) is 67.3 Å². The summed E-state index contributed by atoms with van der Waals surface area (Å²) in [4.78, 5) is 14.9. The van der Waals surface area contributed by atoms with Gasteiger partial charge in [0.2, 0.25) is 0 Å². The number of hydrogen-bond acceptors (Lipinski definition) is 4. The molecule has 1 aliphatic rings. The third-order valence-electron chi connectivity index (χ3n) is 4.57. The van der Waals surface area contributed by atoms with Crippen LogP contribution in [-0.2, 0) is 10.4 Å². The number of para-hydroxylation sites is 1. The number of rotatable bonds is 6. The molecule has 3 rings (SSSR count). The molecule has 0 saturated carbocycles. The minimum Gasteiger partial charge on any atom is -0.494 e. The Bertz CT molecular complexity index is 745. The number of carbonyl (C=O) groups is 1. The van der Waals surface area contributed by atoms with Gasteiger partial charge < -0.3 is 19.7 Å². The largest absolute Gasteiger partial charge is 0.494 e. The lowest BCUT2D eigenvalue weighted by atomic mass is 9.93. The number of benzene rings is 2. The molecule has 1 aliphatic heterocycles. The number of fused-ring (bicyclic) bond motifs is 1. The van der Waals surface area contributed by atoms with Crippen molar-refractivity contribution in [2.75, 3.05) is 32.2 Å². The van der Waals surface area contributed by atoms with E-state index in [4.69, 9.17) is 9.47 Å². The molecule has 0 radical (unpaired) electrons. The molecule has 1 unspecified atom stereocenters. The molecule has 5 heteroatoms. The fourth-order valence-corrected chi connectivity index (χ4v) is 3.23. The Labute approximate surface area is 148 Å². The number of nitrogens with one attached hydrogen (secondary N) is 1. The van der Waals surface area contributed by atoms with Gasteiger partial charge in [-0.2, -0.15) is 0 Å². The van der Waals surface area contributed by atoms with Gasteiger partial charge >= 0.3 is 0 Å². The highest BCUT2D eigenvalue weighted by Crippen LogP contribution is 2.38. The molecule has 132 valence electrons. The highest BCUT2D eigenvalue weighted by atomic mass is 16.5. The molecule has 0 bridgehead atoms. The molecule has 1 amide bonds. The van der Waals surface area contributed by atoms with Crippen molar-refractivity contribution in [1.82, 2.24) is 4.90 Å². The quantitative estimate of drug-likeness (QED) is 0.875. The Hall–Kier alpha value is -2.53. The van der Waals surface area contributed by atoms with E-state index in [2.05, 4.69) is 5.32 Å². The van der Waals surface area contributed by atoms with Crippen LogP contribution in [0.25, 0.3) is 0 Å².